The van der Waals surface area contributed by atoms with Gasteiger partial charge in [0.1, 0.15) is 22.7 Å². The monoisotopic (exact) mass is 476 g/mol. The van der Waals surface area contributed by atoms with Crippen LogP contribution in [0.4, 0.5) is 0 Å². The summed E-state index contributed by atoms with van der Waals surface area (Å²) in [6.07, 6.45) is 0. The molecule has 34 heavy (non-hydrogen) atoms. The lowest BCUT2D eigenvalue weighted by molar-refractivity contribution is 0.340. The summed E-state index contributed by atoms with van der Waals surface area (Å²) in [4.78, 5) is 31.1. The minimum atomic E-state index is -0.499. The fourth-order valence-corrected chi connectivity index (χ4v) is 4.48. The Morgan fingerprint density at radius 1 is 1.06 bits per heavy atom. The topological polar surface area (TPSA) is 101 Å². The molecule has 172 valence electrons. The number of aromatic nitrogens is 4. The SMILES string of the molecule is CCOc1ccc(-n2c(=O)c3sccc3n(Cc3nc(-c4cccc(OC)c4)no3)c2=O)cc1. The minimum Gasteiger partial charge on any atom is -0.497 e. The number of nitrogens with zero attached hydrogens (tertiary/aromatic N) is 4. The average molecular weight is 477 g/mol. The van der Waals surface area contributed by atoms with E-state index in [1.807, 2.05) is 25.1 Å². The van der Waals surface area contributed by atoms with Gasteiger partial charge in [-0.25, -0.2) is 9.36 Å². The van der Waals surface area contributed by atoms with Gasteiger partial charge in [-0.2, -0.15) is 4.98 Å². The van der Waals surface area contributed by atoms with Gasteiger partial charge >= 0.3 is 5.69 Å². The molecule has 0 N–H and O–H groups in total. The molecule has 0 fully saturated rings. The fraction of sp³-hybridized carbons (Fsp3) is 0.167. The Morgan fingerprint density at radius 3 is 2.65 bits per heavy atom. The van der Waals surface area contributed by atoms with E-state index in [1.165, 1.54) is 15.9 Å². The second-order valence-electron chi connectivity index (χ2n) is 7.31. The second kappa shape index (κ2) is 8.99. The molecular weight excluding hydrogens is 456 g/mol. The zero-order chi connectivity index (χ0) is 23.7. The van der Waals surface area contributed by atoms with Crippen molar-refractivity contribution < 1.29 is 14.0 Å². The molecule has 3 heterocycles. The van der Waals surface area contributed by atoms with Crippen molar-refractivity contribution in [2.45, 2.75) is 13.5 Å². The lowest BCUT2D eigenvalue weighted by atomic mass is 10.2. The van der Waals surface area contributed by atoms with Crippen LogP contribution in [0.1, 0.15) is 12.8 Å². The van der Waals surface area contributed by atoms with Gasteiger partial charge in [-0.15, -0.1) is 11.3 Å². The number of fused-ring (bicyclic) bond motifs is 1. The van der Waals surface area contributed by atoms with Gasteiger partial charge in [-0.3, -0.25) is 9.36 Å². The highest BCUT2D eigenvalue weighted by atomic mass is 32.1. The Morgan fingerprint density at radius 2 is 1.88 bits per heavy atom. The summed E-state index contributed by atoms with van der Waals surface area (Å²) in [5, 5.41) is 5.82. The predicted octanol–water partition coefficient (Wildman–Crippen LogP) is 3.72. The van der Waals surface area contributed by atoms with Crippen molar-refractivity contribution in [1.82, 2.24) is 19.3 Å². The van der Waals surface area contributed by atoms with Crippen molar-refractivity contribution in [1.29, 1.82) is 0 Å². The standard InChI is InChI=1S/C24H20N4O5S/c1-3-32-17-9-7-16(8-10-17)28-23(29)21-19(11-12-34-21)27(24(28)30)14-20-25-22(26-33-20)15-5-4-6-18(13-15)31-2/h4-13H,3,14H2,1-2H3. The zero-order valence-electron chi connectivity index (χ0n) is 18.4. The van der Waals surface area contributed by atoms with Crippen LogP contribution in [0.15, 0.2) is 74.1 Å². The van der Waals surface area contributed by atoms with Gasteiger partial charge in [0.2, 0.25) is 11.7 Å². The maximum absolute atomic E-state index is 13.5. The van der Waals surface area contributed by atoms with Crippen LogP contribution in [0.5, 0.6) is 11.5 Å². The first kappa shape index (κ1) is 21.7. The number of benzene rings is 2. The molecule has 0 spiro atoms. The summed E-state index contributed by atoms with van der Waals surface area (Å²) in [7, 11) is 1.58. The van der Waals surface area contributed by atoms with Crippen molar-refractivity contribution in [3.8, 4) is 28.6 Å². The second-order valence-corrected chi connectivity index (χ2v) is 8.23. The van der Waals surface area contributed by atoms with Gasteiger partial charge in [0.15, 0.2) is 0 Å². The van der Waals surface area contributed by atoms with Gasteiger partial charge in [0.05, 0.1) is 24.9 Å². The third-order valence-corrected chi connectivity index (χ3v) is 6.14. The van der Waals surface area contributed by atoms with E-state index in [-0.39, 0.29) is 18.0 Å². The summed E-state index contributed by atoms with van der Waals surface area (Å²) in [5.41, 5.74) is 0.814. The Kier molecular flexibility index (Phi) is 5.72. The van der Waals surface area contributed by atoms with Crippen LogP contribution >= 0.6 is 11.3 Å². The maximum atomic E-state index is 13.5. The molecule has 0 bridgehead atoms. The number of methoxy groups -OCH3 is 1. The fourth-order valence-electron chi connectivity index (χ4n) is 3.66. The van der Waals surface area contributed by atoms with Gasteiger partial charge < -0.3 is 14.0 Å². The van der Waals surface area contributed by atoms with Crippen molar-refractivity contribution in [2.24, 2.45) is 0 Å². The Bertz CT molecular complexity index is 1580. The summed E-state index contributed by atoms with van der Waals surface area (Å²) >= 11 is 1.28. The van der Waals surface area contributed by atoms with Gasteiger partial charge in [-0.05, 0) is 54.8 Å². The van der Waals surface area contributed by atoms with Gasteiger partial charge in [0.25, 0.3) is 5.56 Å². The van der Waals surface area contributed by atoms with E-state index in [0.717, 1.165) is 10.1 Å². The van der Waals surface area contributed by atoms with E-state index in [4.69, 9.17) is 14.0 Å². The molecule has 0 unspecified atom stereocenters. The molecule has 10 heteroatoms. The first-order chi connectivity index (χ1) is 16.6. The van der Waals surface area contributed by atoms with Crippen molar-refractivity contribution in [3.05, 3.63) is 86.7 Å². The van der Waals surface area contributed by atoms with E-state index < -0.39 is 5.69 Å². The molecule has 5 aromatic rings. The van der Waals surface area contributed by atoms with E-state index in [1.54, 1.807) is 48.9 Å². The van der Waals surface area contributed by atoms with E-state index in [9.17, 15) is 9.59 Å². The lowest BCUT2D eigenvalue weighted by Crippen LogP contribution is -2.38. The number of hydrogen-bond acceptors (Lipinski definition) is 8. The summed E-state index contributed by atoms with van der Waals surface area (Å²) in [5.74, 6) is 1.95. The average Bonchev–Trinajstić information content (AvgIpc) is 3.53. The van der Waals surface area contributed by atoms with Gasteiger partial charge in [-0.1, -0.05) is 17.3 Å². The molecule has 0 radical (unpaired) electrons. The predicted molar refractivity (Wildman–Crippen MR) is 128 cm³/mol. The highest BCUT2D eigenvalue weighted by molar-refractivity contribution is 7.17. The summed E-state index contributed by atoms with van der Waals surface area (Å²) in [6.45, 7) is 2.43. The normalized spacial score (nSPS) is 11.1. The maximum Gasteiger partial charge on any atom is 0.336 e. The molecule has 0 aliphatic heterocycles. The molecule has 0 saturated heterocycles. The van der Waals surface area contributed by atoms with Gasteiger partial charge in [0, 0.05) is 5.56 Å². The van der Waals surface area contributed by atoms with Crippen molar-refractivity contribution >= 4 is 21.6 Å². The Hall–Kier alpha value is -4.18. The van der Waals surface area contributed by atoms with E-state index in [0.29, 0.717) is 39.8 Å². The quantitative estimate of drug-likeness (QED) is 0.353. The third-order valence-electron chi connectivity index (χ3n) is 5.25. The van der Waals surface area contributed by atoms with Crippen LogP contribution in [0, 0.1) is 0 Å². The molecular formula is C24H20N4O5S. The first-order valence-electron chi connectivity index (χ1n) is 10.5. The molecule has 3 aromatic heterocycles. The largest absolute Gasteiger partial charge is 0.497 e. The number of hydrogen-bond donors (Lipinski definition) is 0. The van der Waals surface area contributed by atoms with E-state index >= 15 is 0 Å². The molecule has 0 atom stereocenters. The molecule has 0 aliphatic carbocycles. The number of ether oxygens (including phenoxy) is 2. The number of thiophene rings is 1. The van der Waals surface area contributed by atoms with Crippen molar-refractivity contribution in [2.75, 3.05) is 13.7 Å². The molecule has 2 aromatic carbocycles. The molecule has 9 nitrogen and oxygen atoms in total. The highest BCUT2D eigenvalue weighted by Crippen LogP contribution is 2.22. The minimum absolute atomic E-state index is 0.0142. The van der Waals surface area contributed by atoms with Crippen LogP contribution in [0.2, 0.25) is 0 Å². The van der Waals surface area contributed by atoms with E-state index in [2.05, 4.69) is 10.1 Å². The number of rotatable bonds is 7. The summed E-state index contributed by atoms with van der Waals surface area (Å²) < 4.78 is 19.2. The first-order valence-corrected chi connectivity index (χ1v) is 11.4. The highest BCUT2D eigenvalue weighted by Gasteiger charge is 2.18. The van der Waals surface area contributed by atoms with Crippen molar-refractivity contribution in [3.63, 3.8) is 0 Å². The van der Waals surface area contributed by atoms with Crippen LogP contribution in [0.25, 0.3) is 27.3 Å². The lowest BCUT2D eigenvalue weighted by Gasteiger charge is -2.11. The summed E-state index contributed by atoms with van der Waals surface area (Å²) in [6, 6.07) is 15.9. The Balaban J connectivity index is 1.57. The molecule has 5 rings (SSSR count). The van der Waals surface area contributed by atoms with Crippen LogP contribution < -0.4 is 20.7 Å². The molecule has 0 saturated carbocycles. The van der Waals surface area contributed by atoms with Crippen LogP contribution in [-0.2, 0) is 6.54 Å². The smallest absolute Gasteiger partial charge is 0.336 e. The molecule has 0 aliphatic rings. The van der Waals surface area contributed by atoms with Crippen LogP contribution in [-0.4, -0.2) is 33.0 Å². The Labute approximate surface area is 197 Å². The zero-order valence-corrected chi connectivity index (χ0v) is 19.2. The van der Waals surface area contributed by atoms with Crippen LogP contribution in [0.3, 0.4) is 0 Å². The molecule has 0 amide bonds. The third kappa shape index (κ3) is 3.88.